The highest BCUT2D eigenvalue weighted by molar-refractivity contribution is 5.80. The Bertz CT molecular complexity index is 644. The molecule has 2 N–H and O–H groups in total. The van der Waals surface area contributed by atoms with Gasteiger partial charge in [0.25, 0.3) is 0 Å². The Labute approximate surface area is 137 Å². The molecular weight excluding hydrogens is 292 g/mol. The highest BCUT2D eigenvalue weighted by atomic mass is 16.5. The van der Waals surface area contributed by atoms with Crippen molar-refractivity contribution < 1.29 is 4.52 Å². The van der Waals surface area contributed by atoms with Crippen LogP contribution in [0.1, 0.15) is 36.5 Å². The second-order valence-corrected chi connectivity index (χ2v) is 5.71. The number of nitrogens with one attached hydrogen (secondary N) is 2. The predicted octanol–water partition coefficient (Wildman–Crippen LogP) is 1.71. The predicted molar refractivity (Wildman–Crippen MR) is 90.3 cm³/mol. The van der Waals surface area contributed by atoms with Gasteiger partial charge >= 0.3 is 0 Å². The lowest BCUT2D eigenvalue weighted by molar-refractivity contribution is 0.412. The summed E-state index contributed by atoms with van der Waals surface area (Å²) in [4.78, 5) is 4.54. The minimum Gasteiger partial charge on any atom is -0.364 e. The average Bonchev–Trinajstić information content (AvgIpc) is 3.10. The van der Waals surface area contributed by atoms with Crippen molar-refractivity contribution >= 4 is 5.96 Å². The average molecular weight is 318 g/mol. The first-order valence-corrected chi connectivity index (χ1v) is 7.94. The van der Waals surface area contributed by atoms with E-state index in [2.05, 4.69) is 46.7 Å². The molecule has 0 radical (unpaired) electrons. The molecular formula is C16H26N6O. The lowest BCUT2D eigenvalue weighted by Gasteiger charge is -2.18. The SMILES string of the molecule is CCNC(=NCc1ccon1)NC(C)Cc1c(C)nn(C)c1C. The van der Waals surface area contributed by atoms with Crippen LogP contribution in [-0.4, -0.2) is 33.5 Å². The summed E-state index contributed by atoms with van der Waals surface area (Å²) in [5.41, 5.74) is 4.40. The highest BCUT2D eigenvalue weighted by Crippen LogP contribution is 2.14. The molecule has 2 aromatic heterocycles. The third kappa shape index (κ3) is 4.58. The van der Waals surface area contributed by atoms with Crippen LogP contribution in [0.2, 0.25) is 0 Å². The number of aryl methyl sites for hydroxylation is 2. The molecule has 0 fully saturated rings. The summed E-state index contributed by atoms with van der Waals surface area (Å²) in [5.74, 6) is 0.780. The second-order valence-electron chi connectivity index (χ2n) is 5.71. The number of guanidine groups is 1. The first-order chi connectivity index (χ1) is 11.0. The van der Waals surface area contributed by atoms with E-state index in [-0.39, 0.29) is 6.04 Å². The van der Waals surface area contributed by atoms with Crippen LogP contribution >= 0.6 is 0 Å². The maximum atomic E-state index is 4.83. The summed E-state index contributed by atoms with van der Waals surface area (Å²) < 4.78 is 6.76. The van der Waals surface area contributed by atoms with Gasteiger partial charge in [0.15, 0.2) is 5.96 Å². The zero-order valence-corrected chi connectivity index (χ0v) is 14.6. The third-order valence-electron chi connectivity index (χ3n) is 3.79. The molecule has 0 amide bonds. The number of hydrogen-bond acceptors (Lipinski definition) is 4. The minimum atomic E-state index is 0.242. The van der Waals surface area contributed by atoms with Crippen molar-refractivity contribution in [2.75, 3.05) is 6.54 Å². The molecule has 0 aliphatic carbocycles. The lowest BCUT2D eigenvalue weighted by atomic mass is 10.1. The summed E-state index contributed by atoms with van der Waals surface area (Å²) in [7, 11) is 1.98. The third-order valence-corrected chi connectivity index (χ3v) is 3.79. The van der Waals surface area contributed by atoms with Crippen LogP contribution in [0.4, 0.5) is 0 Å². The molecule has 0 saturated carbocycles. The lowest BCUT2D eigenvalue weighted by Crippen LogP contribution is -2.43. The Hall–Kier alpha value is -2.31. The standard InChI is InChI=1S/C16H26N6O/c1-6-17-16(18-10-14-7-8-23-21-14)19-11(2)9-15-12(3)20-22(5)13(15)4/h7-8,11H,6,9-10H2,1-5H3,(H2,17,18,19). The molecule has 2 rings (SSSR count). The molecule has 7 heteroatoms. The first-order valence-electron chi connectivity index (χ1n) is 7.94. The Morgan fingerprint density at radius 1 is 1.43 bits per heavy atom. The molecule has 1 unspecified atom stereocenters. The van der Waals surface area contributed by atoms with Gasteiger partial charge in [0.1, 0.15) is 12.0 Å². The molecule has 1 atom stereocenters. The van der Waals surface area contributed by atoms with Crippen LogP contribution in [-0.2, 0) is 20.0 Å². The summed E-state index contributed by atoms with van der Waals surface area (Å²) in [5, 5.41) is 15.0. The van der Waals surface area contributed by atoms with Gasteiger partial charge in [0, 0.05) is 31.4 Å². The molecule has 7 nitrogen and oxygen atoms in total. The first kappa shape index (κ1) is 17.1. The maximum Gasteiger partial charge on any atom is 0.191 e. The molecule has 0 saturated heterocycles. The van der Waals surface area contributed by atoms with Gasteiger partial charge in [-0.1, -0.05) is 5.16 Å². The molecule has 0 aliphatic rings. The van der Waals surface area contributed by atoms with Crippen LogP contribution in [0.15, 0.2) is 21.8 Å². The fourth-order valence-corrected chi connectivity index (χ4v) is 2.50. The van der Waals surface area contributed by atoms with E-state index in [4.69, 9.17) is 4.52 Å². The molecule has 0 bridgehead atoms. The van der Waals surface area contributed by atoms with Crippen LogP contribution in [0.5, 0.6) is 0 Å². The van der Waals surface area contributed by atoms with Crippen molar-refractivity contribution in [3.63, 3.8) is 0 Å². The van der Waals surface area contributed by atoms with Crippen LogP contribution in [0, 0.1) is 13.8 Å². The van der Waals surface area contributed by atoms with E-state index < -0.39 is 0 Å². The monoisotopic (exact) mass is 318 g/mol. The van der Waals surface area contributed by atoms with Gasteiger partial charge in [-0.05, 0) is 39.7 Å². The van der Waals surface area contributed by atoms with Crippen molar-refractivity contribution in [2.45, 2.75) is 46.7 Å². The Balaban J connectivity index is 1.99. The molecule has 2 aromatic rings. The number of aromatic nitrogens is 3. The van der Waals surface area contributed by atoms with Crippen molar-refractivity contribution in [3.05, 3.63) is 35.0 Å². The smallest absolute Gasteiger partial charge is 0.191 e. The largest absolute Gasteiger partial charge is 0.364 e. The van der Waals surface area contributed by atoms with Gasteiger partial charge in [0.05, 0.1) is 12.2 Å². The summed E-state index contributed by atoms with van der Waals surface area (Å²) in [6.07, 6.45) is 2.46. The summed E-state index contributed by atoms with van der Waals surface area (Å²) >= 11 is 0. The quantitative estimate of drug-likeness (QED) is 0.626. The molecule has 23 heavy (non-hydrogen) atoms. The van der Waals surface area contributed by atoms with Gasteiger partial charge < -0.3 is 15.2 Å². The van der Waals surface area contributed by atoms with Gasteiger partial charge in [0.2, 0.25) is 0 Å². The molecule has 126 valence electrons. The van der Waals surface area contributed by atoms with Crippen molar-refractivity contribution in [3.8, 4) is 0 Å². The van der Waals surface area contributed by atoms with E-state index in [0.29, 0.717) is 6.54 Å². The number of aliphatic imine (C=N–C) groups is 1. The Morgan fingerprint density at radius 3 is 2.78 bits per heavy atom. The minimum absolute atomic E-state index is 0.242. The Kier molecular flexibility index (Phi) is 5.78. The van der Waals surface area contributed by atoms with Gasteiger partial charge in [-0.15, -0.1) is 0 Å². The zero-order chi connectivity index (χ0) is 16.8. The van der Waals surface area contributed by atoms with Crippen LogP contribution in [0.25, 0.3) is 0 Å². The highest BCUT2D eigenvalue weighted by Gasteiger charge is 2.14. The zero-order valence-electron chi connectivity index (χ0n) is 14.6. The molecule has 2 heterocycles. The number of nitrogens with zero attached hydrogens (tertiary/aromatic N) is 4. The normalized spacial score (nSPS) is 13.2. The topological polar surface area (TPSA) is 80.3 Å². The van der Waals surface area contributed by atoms with Gasteiger partial charge in [-0.3, -0.25) is 4.68 Å². The van der Waals surface area contributed by atoms with Gasteiger partial charge in [-0.2, -0.15) is 5.10 Å². The van der Waals surface area contributed by atoms with E-state index in [1.807, 2.05) is 24.7 Å². The summed E-state index contributed by atoms with van der Waals surface area (Å²) in [6, 6.07) is 2.06. The van der Waals surface area contributed by atoms with Crippen molar-refractivity contribution in [1.82, 2.24) is 25.6 Å². The fourth-order valence-electron chi connectivity index (χ4n) is 2.50. The fraction of sp³-hybridized carbons (Fsp3) is 0.562. The number of rotatable bonds is 6. The van der Waals surface area contributed by atoms with E-state index >= 15 is 0 Å². The second kappa shape index (κ2) is 7.80. The summed E-state index contributed by atoms with van der Waals surface area (Å²) in [6.45, 7) is 9.65. The van der Waals surface area contributed by atoms with Crippen LogP contribution < -0.4 is 10.6 Å². The van der Waals surface area contributed by atoms with E-state index in [1.165, 1.54) is 11.3 Å². The van der Waals surface area contributed by atoms with Crippen molar-refractivity contribution in [2.24, 2.45) is 12.0 Å². The maximum absolute atomic E-state index is 4.83. The van der Waals surface area contributed by atoms with E-state index in [9.17, 15) is 0 Å². The van der Waals surface area contributed by atoms with Crippen molar-refractivity contribution in [1.29, 1.82) is 0 Å². The molecule has 0 aromatic carbocycles. The Morgan fingerprint density at radius 2 is 2.22 bits per heavy atom. The van der Waals surface area contributed by atoms with E-state index in [0.717, 1.165) is 30.3 Å². The van der Waals surface area contributed by atoms with Gasteiger partial charge in [-0.25, -0.2) is 4.99 Å². The molecule has 0 spiro atoms. The number of hydrogen-bond donors (Lipinski definition) is 2. The molecule has 0 aliphatic heterocycles. The van der Waals surface area contributed by atoms with E-state index in [1.54, 1.807) is 6.26 Å². The van der Waals surface area contributed by atoms with Crippen LogP contribution in [0.3, 0.4) is 0 Å².